The summed E-state index contributed by atoms with van der Waals surface area (Å²) in [6.07, 6.45) is 1.26. The molecule has 0 aliphatic heterocycles. The zero-order chi connectivity index (χ0) is 22.3. The van der Waals surface area contributed by atoms with Crippen molar-refractivity contribution in [3.05, 3.63) is 94.8 Å². The second kappa shape index (κ2) is 9.70. The van der Waals surface area contributed by atoms with Crippen molar-refractivity contribution in [2.24, 2.45) is 0 Å². The van der Waals surface area contributed by atoms with Gasteiger partial charge < -0.3 is 23.9 Å². The SMILES string of the molecule is COc1ccc(Oc2coc3cc(OCC(=O)NCc4ccccc4)ccc3c2=O)cc1. The molecule has 4 aromatic rings. The summed E-state index contributed by atoms with van der Waals surface area (Å²) < 4.78 is 21.8. The Balaban J connectivity index is 1.40. The van der Waals surface area contributed by atoms with Gasteiger partial charge in [0.1, 0.15) is 29.1 Å². The van der Waals surface area contributed by atoms with E-state index in [0.29, 0.717) is 34.8 Å². The van der Waals surface area contributed by atoms with Crippen molar-refractivity contribution in [2.45, 2.75) is 6.54 Å². The Hall–Kier alpha value is -4.26. The molecule has 7 nitrogen and oxygen atoms in total. The number of amides is 1. The Kier molecular flexibility index (Phi) is 6.36. The van der Waals surface area contributed by atoms with E-state index in [1.165, 1.54) is 6.26 Å². The first kappa shape index (κ1) is 21.0. The second-order valence-electron chi connectivity index (χ2n) is 6.92. The topological polar surface area (TPSA) is 87.0 Å². The zero-order valence-electron chi connectivity index (χ0n) is 17.4. The van der Waals surface area contributed by atoms with E-state index < -0.39 is 0 Å². The number of benzene rings is 3. The number of fused-ring (bicyclic) bond motifs is 1. The minimum absolute atomic E-state index is 0.0663. The van der Waals surface area contributed by atoms with Crippen LogP contribution in [-0.2, 0) is 11.3 Å². The van der Waals surface area contributed by atoms with Gasteiger partial charge in [0.15, 0.2) is 6.61 Å². The molecule has 4 rings (SSSR count). The fraction of sp³-hybridized carbons (Fsp3) is 0.120. The first-order valence-corrected chi connectivity index (χ1v) is 9.93. The molecule has 0 spiro atoms. The average Bonchev–Trinajstić information content (AvgIpc) is 2.84. The molecule has 32 heavy (non-hydrogen) atoms. The van der Waals surface area contributed by atoms with Crippen LogP contribution in [0.25, 0.3) is 11.0 Å². The number of rotatable bonds is 8. The largest absolute Gasteiger partial charge is 0.497 e. The van der Waals surface area contributed by atoms with E-state index in [1.807, 2.05) is 30.3 Å². The molecule has 3 aromatic carbocycles. The smallest absolute Gasteiger partial charge is 0.258 e. The van der Waals surface area contributed by atoms with Crippen LogP contribution < -0.4 is 25.0 Å². The van der Waals surface area contributed by atoms with Gasteiger partial charge in [0, 0.05) is 12.6 Å². The Morgan fingerprint density at radius 1 is 0.938 bits per heavy atom. The fourth-order valence-corrected chi connectivity index (χ4v) is 3.02. The second-order valence-corrected chi connectivity index (χ2v) is 6.92. The van der Waals surface area contributed by atoms with Crippen LogP contribution in [0.3, 0.4) is 0 Å². The average molecular weight is 431 g/mol. The zero-order valence-corrected chi connectivity index (χ0v) is 17.4. The summed E-state index contributed by atoms with van der Waals surface area (Å²) in [6, 6.07) is 21.2. The number of carbonyl (C=O) groups is 1. The minimum atomic E-state index is -0.311. The van der Waals surface area contributed by atoms with Crippen molar-refractivity contribution in [3.8, 4) is 23.0 Å². The Morgan fingerprint density at radius 2 is 1.66 bits per heavy atom. The molecule has 0 fully saturated rings. The molecular weight excluding hydrogens is 410 g/mol. The lowest BCUT2D eigenvalue weighted by Crippen LogP contribution is -2.28. The summed E-state index contributed by atoms with van der Waals surface area (Å²) in [7, 11) is 1.57. The van der Waals surface area contributed by atoms with Crippen LogP contribution in [0.15, 0.2) is 88.3 Å². The number of hydrogen-bond donors (Lipinski definition) is 1. The van der Waals surface area contributed by atoms with Crippen molar-refractivity contribution >= 4 is 16.9 Å². The molecule has 1 aromatic heterocycles. The summed E-state index contributed by atoms with van der Waals surface area (Å²) in [5.74, 6) is 1.40. The maximum absolute atomic E-state index is 12.7. The first-order chi connectivity index (χ1) is 15.6. The summed E-state index contributed by atoms with van der Waals surface area (Å²) in [5, 5.41) is 3.14. The summed E-state index contributed by atoms with van der Waals surface area (Å²) in [5.41, 5.74) is 1.02. The molecule has 0 aliphatic rings. The van der Waals surface area contributed by atoms with Crippen molar-refractivity contribution < 1.29 is 23.4 Å². The normalized spacial score (nSPS) is 10.5. The predicted octanol–water partition coefficient (Wildman–Crippen LogP) is 4.29. The predicted molar refractivity (Wildman–Crippen MR) is 119 cm³/mol. The summed E-state index contributed by atoms with van der Waals surface area (Å²) in [6.45, 7) is 0.272. The van der Waals surface area contributed by atoms with E-state index in [0.717, 1.165) is 5.56 Å². The number of methoxy groups -OCH3 is 1. The van der Waals surface area contributed by atoms with E-state index in [2.05, 4.69) is 5.32 Å². The third-order valence-electron chi connectivity index (χ3n) is 4.70. The van der Waals surface area contributed by atoms with E-state index >= 15 is 0 Å². The molecule has 0 unspecified atom stereocenters. The lowest BCUT2D eigenvalue weighted by Gasteiger charge is -2.09. The van der Waals surface area contributed by atoms with Crippen molar-refractivity contribution in [1.29, 1.82) is 0 Å². The molecule has 1 heterocycles. The van der Waals surface area contributed by atoms with Crippen molar-refractivity contribution in [3.63, 3.8) is 0 Å². The van der Waals surface area contributed by atoms with Crippen LogP contribution in [0.2, 0.25) is 0 Å². The Bertz CT molecular complexity index is 1270. The van der Waals surface area contributed by atoms with E-state index in [9.17, 15) is 9.59 Å². The molecule has 7 heteroatoms. The van der Waals surface area contributed by atoms with Gasteiger partial charge in [0.25, 0.3) is 5.91 Å². The van der Waals surface area contributed by atoms with E-state index in [1.54, 1.807) is 49.6 Å². The highest BCUT2D eigenvalue weighted by atomic mass is 16.5. The van der Waals surface area contributed by atoms with Gasteiger partial charge in [-0.2, -0.15) is 0 Å². The lowest BCUT2D eigenvalue weighted by molar-refractivity contribution is -0.123. The van der Waals surface area contributed by atoms with Gasteiger partial charge >= 0.3 is 0 Å². The van der Waals surface area contributed by atoms with Crippen LogP contribution in [0, 0.1) is 0 Å². The number of hydrogen-bond acceptors (Lipinski definition) is 6. The highest BCUT2D eigenvalue weighted by molar-refractivity contribution is 5.80. The number of nitrogens with one attached hydrogen (secondary N) is 1. The molecule has 0 radical (unpaired) electrons. The molecule has 1 N–H and O–H groups in total. The van der Waals surface area contributed by atoms with Crippen molar-refractivity contribution in [1.82, 2.24) is 5.32 Å². The Morgan fingerprint density at radius 3 is 2.41 bits per heavy atom. The molecule has 0 atom stereocenters. The van der Waals surface area contributed by atoms with E-state index in [4.69, 9.17) is 18.6 Å². The number of ether oxygens (including phenoxy) is 3. The van der Waals surface area contributed by atoms with Gasteiger partial charge in [0.05, 0.1) is 12.5 Å². The quantitative estimate of drug-likeness (QED) is 0.448. The molecule has 0 saturated carbocycles. The fourth-order valence-electron chi connectivity index (χ4n) is 3.02. The van der Waals surface area contributed by atoms with Gasteiger partial charge in [-0.15, -0.1) is 0 Å². The molecule has 1 amide bonds. The Labute approximate surface area is 184 Å². The maximum atomic E-state index is 12.7. The third-order valence-corrected chi connectivity index (χ3v) is 4.70. The number of carbonyl (C=O) groups excluding carboxylic acids is 1. The van der Waals surface area contributed by atoms with Crippen LogP contribution in [0.1, 0.15) is 5.56 Å². The first-order valence-electron chi connectivity index (χ1n) is 9.93. The van der Waals surface area contributed by atoms with E-state index in [-0.39, 0.29) is 23.7 Å². The molecule has 0 aliphatic carbocycles. The van der Waals surface area contributed by atoms with Gasteiger partial charge in [-0.25, -0.2) is 0 Å². The van der Waals surface area contributed by atoms with Gasteiger partial charge in [-0.1, -0.05) is 30.3 Å². The highest BCUT2D eigenvalue weighted by Gasteiger charge is 2.11. The molecule has 0 saturated heterocycles. The third kappa shape index (κ3) is 5.07. The standard InChI is InChI=1S/C25H21NO6/c1-29-18-7-9-19(10-8-18)32-23-15-31-22-13-20(11-12-21(22)25(23)28)30-16-24(27)26-14-17-5-3-2-4-6-17/h2-13,15H,14,16H2,1H3,(H,26,27). The highest BCUT2D eigenvalue weighted by Crippen LogP contribution is 2.25. The molecular formula is C25H21NO6. The van der Waals surface area contributed by atoms with Crippen LogP contribution in [0.4, 0.5) is 0 Å². The monoisotopic (exact) mass is 431 g/mol. The van der Waals surface area contributed by atoms with Gasteiger partial charge in [0.2, 0.25) is 11.2 Å². The van der Waals surface area contributed by atoms with Gasteiger partial charge in [-0.05, 0) is 42.0 Å². The van der Waals surface area contributed by atoms with Gasteiger partial charge in [-0.3, -0.25) is 9.59 Å². The van der Waals surface area contributed by atoms with Crippen molar-refractivity contribution in [2.75, 3.05) is 13.7 Å². The van der Waals surface area contributed by atoms with Crippen LogP contribution in [-0.4, -0.2) is 19.6 Å². The molecule has 162 valence electrons. The van der Waals surface area contributed by atoms with Crippen LogP contribution >= 0.6 is 0 Å². The lowest BCUT2D eigenvalue weighted by atomic mass is 10.2. The maximum Gasteiger partial charge on any atom is 0.258 e. The van der Waals surface area contributed by atoms with Crippen LogP contribution in [0.5, 0.6) is 23.0 Å². The summed E-state index contributed by atoms with van der Waals surface area (Å²) in [4.78, 5) is 24.8. The summed E-state index contributed by atoms with van der Waals surface area (Å²) >= 11 is 0. The minimum Gasteiger partial charge on any atom is -0.497 e. The molecule has 0 bridgehead atoms.